The zero-order valence-electron chi connectivity index (χ0n) is 13.9. The molecule has 0 amide bonds. The molecule has 0 spiro atoms. The molecule has 1 atom stereocenters. The van der Waals surface area contributed by atoms with Crippen LogP contribution in [0.15, 0.2) is 66.7 Å². The van der Waals surface area contributed by atoms with Gasteiger partial charge in [0.1, 0.15) is 0 Å². The van der Waals surface area contributed by atoms with Gasteiger partial charge >= 0.3 is 0 Å². The van der Waals surface area contributed by atoms with Crippen LogP contribution in [0.4, 0.5) is 0 Å². The van der Waals surface area contributed by atoms with Gasteiger partial charge in [-0.3, -0.25) is 0 Å². The van der Waals surface area contributed by atoms with Gasteiger partial charge in [-0.2, -0.15) is 0 Å². The molecule has 0 aromatic heterocycles. The number of hydrogen-bond donors (Lipinski definition) is 1. The monoisotopic (exact) mass is 302 g/mol. The molecule has 0 aliphatic rings. The molecular formula is C22H22O. The van der Waals surface area contributed by atoms with Gasteiger partial charge in [0, 0.05) is 0 Å². The van der Waals surface area contributed by atoms with Gasteiger partial charge in [-0.1, -0.05) is 77.9 Å². The van der Waals surface area contributed by atoms with E-state index in [1.807, 2.05) is 6.92 Å². The second-order valence-electron chi connectivity index (χ2n) is 6.18. The Morgan fingerprint density at radius 1 is 0.696 bits per heavy atom. The quantitative estimate of drug-likeness (QED) is 0.659. The Kier molecular flexibility index (Phi) is 4.31. The highest BCUT2D eigenvalue weighted by Gasteiger charge is 2.16. The van der Waals surface area contributed by atoms with Crippen molar-refractivity contribution >= 4 is 0 Å². The van der Waals surface area contributed by atoms with Crippen LogP contribution >= 0.6 is 0 Å². The predicted molar refractivity (Wildman–Crippen MR) is 97.4 cm³/mol. The van der Waals surface area contributed by atoms with Crippen molar-refractivity contribution in [3.8, 4) is 22.3 Å². The molecule has 0 unspecified atom stereocenters. The molecule has 3 rings (SSSR count). The van der Waals surface area contributed by atoms with Gasteiger partial charge in [-0.05, 0) is 48.6 Å². The third-order valence-corrected chi connectivity index (χ3v) is 4.18. The summed E-state index contributed by atoms with van der Waals surface area (Å²) in [7, 11) is 0. The lowest BCUT2D eigenvalue weighted by Crippen LogP contribution is -1.99. The molecular weight excluding hydrogens is 280 g/mol. The van der Waals surface area contributed by atoms with Crippen LogP contribution < -0.4 is 0 Å². The van der Waals surface area contributed by atoms with Crippen molar-refractivity contribution in [1.82, 2.24) is 0 Å². The Hall–Kier alpha value is -2.38. The van der Waals surface area contributed by atoms with Gasteiger partial charge in [0.05, 0.1) is 6.10 Å². The Bertz CT molecular complexity index is 767. The van der Waals surface area contributed by atoms with Crippen molar-refractivity contribution in [1.29, 1.82) is 0 Å². The van der Waals surface area contributed by atoms with Gasteiger partial charge in [-0.15, -0.1) is 0 Å². The van der Waals surface area contributed by atoms with Crippen molar-refractivity contribution in [2.24, 2.45) is 0 Å². The number of aliphatic hydroxyl groups is 1. The van der Waals surface area contributed by atoms with Crippen LogP contribution in [0.5, 0.6) is 0 Å². The zero-order valence-corrected chi connectivity index (χ0v) is 13.9. The van der Waals surface area contributed by atoms with Crippen LogP contribution in [0.3, 0.4) is 0 Å². The van der Waals surface area contributed by atoms with Gasteiger partial charge in [-0.25, -0.2) is 0 Å². The van der Waals surface area contributed by atoms with E-state index < -0.39 is 6.10 Å². The van der Waals surface area contributed by atoms with Crippen molar-refractivity contribution in [2.45, 2.75) is 26.9 Å². The van der Waals surface area contributed by atoms with Gasteiger partial charge < -0.3 is 5.11 Å². The normalized spacial score (nSPS) is 12.2. The minimum Gasteiger partial charge on any atom is -0.389 e. The number of aliphatic hydroxyl groups excluding tert-OH is 1. The van der Waals surface area contributed by atoms with Crippen LogP contribution in [0.2, 0.25) is 0 Å². The molecule has 0 saturated heterocycles. The average Bonchev–Trinajstić information content (AvgIpc) is 2.54. The fourth-order valence-corrected chi connectivity index (χ4v) is 3.14. The molecule has 0 aliphatic carbocycles. The first-order chi connectivity index (χ1) is 11.1. The fourth-order valence-electron chi connectivity index (χ4n) is 3.14. The zero-order chi connectivity index (χ0) is 16.4. The second-order valence-corrected chi connectivity index (χ2v) is 6.18. The topological polar surface area (TPSA) is 20.2 Å². The Morgan fingerprint density at radius 3 is 1.52 bits per heavy atom. The summed E-state index contributed by atoms with van der Waals surface area (Å²) in [5.41, 5.74) is 7.93. The van der Waals surface area contributed by atoms with Crippen LogP contribution in [-0.4, -0.2) is 5.11 Å². The highest BCUT2D eigenvalue weighted by molar-refractivity contribution is 5.79. The van der Waals surface area contributed by atoms with Crippen molar-refractivity contribution < 1.29 is 5.11 Å². The lowest BCUT2D eigenvalue weighted by molar-refractivity contribution is 0.200. The highest BCUT2D eigenvalue weighted by atomic mass is 16.3. The molecule has 116 valence electrons. The standard InChI is InChI=1S/C22H22O/c1-15-7-4-9-18(13-15)20-11-6-12-21(22(20)17(3)23)19-10-5-8-16(2)14-19/h4-14,17,23H,1-3H3/t17-/m0/s1. The second kappa shape index (κ2) is 6.39. The Labute approximate surface area is 138 Å². The molecule has 1 heteroatoms. The first-order valence-electron chi connectivity index (χ1n) is 8.01. The molecule has 0 bridgehead atoms. The van der Waals surface area contributed by atoms with Gasteiger partial charge in [0.15, 0.2) is 0 Å². The smallest absolute Gasteiger partial charge is 0.0773 e. The highest BCUT2D eigenvalue weighted by Crippen LogP contribution is 2.36. The van der Waals surface area contributed by atoms with E-state index in [1.54, 1.807) is 0 Å². The van der Waals surface area contributed by atoms with E-state index in [0.717, 1.165) is 27.8 Å². The summed E-state index contributed by atoms with van der Waals surface area (Å²) in [4.78, 5) is 0. The summed E-state index contributed by atoms with van der Waals surface area (Å²) in [6, 6.07) is 23.1. The number of hydrogen-bond acceptors (Lipinski definition) is 1. The predicted octanol–water partition coefficient (Wildman–Crippen LogP) is 5.69. The van der Waals surface area contributed by atoms with Gasteiger partial charge in [0.25, 0.3) is 0 Å². The Balaban J connectivity index is 2.25. The van der Waals surface area contributed by atoms with Crippen molar-refractivity contribution in [3.63, 3.8) is 0 Å². The van der Waals surface area contributed by atoms with Gasteiger partial charge in [0.2, 0.25) is 0 Å². The summed E-state index contributed by atoms with van der Waals surface area (Å²) in [5, 5.41) is 10.4. The summed E-state index contributed by atoms with van der Waals surface area (Å²) in [5.74, 6) is 0. The maximum Gasteiger partial charge on any atom is 0.0773 e. The maximum atomic E-state index is 10.4. The largest absolute Gasteiger partial charge is 0.389 e. The molecule has 0 saturated carbocycles. The summed E-state index contributed by atoms with van der Waals surface area (Å²) in [6.45, 7) is 6.03. The first-order valence-corrected chi connectivity index (χ1v) is 8.01. The fraction of sp³-hybridized carbons (Fsp3) is 0.182. The molecule has 1 N–H and O–H groups in total. The SMILES string of the molecule is Cc1cccc(-c2cccc(-c3cccc(C)c3)c2[C@H](C)O)c1. The molecule has 1 nitrogen and oxygen atoms in total. The molecule has 0 heterocycles. The van der Waals surface area contributed by atoms with Crippen LogP contribution in [0.25, 0.3) is 22.3 Å². The van der Waals surface area contributed by atoms with Crippen LogP contribution in [-0.2, 0) is 0 Å². The molecule has 3 aromatic rings. The third kappa shape index (κ3) is 3.20. The number of benzene rings is 3. The lowest BCUT2D eigenvalue weighted by atomic mass is 9.88. The van der Waals surface area contributed by atoms with E-state index >= 15 is 0 Å². The van der Waals surface area contributed by atoms with Crippen molar-refractivity contribution in [2.75, 3.05) is 0 Å². The molecule has 0 fully saturated rings. The maximum absolute atomic E-state index is 10.4. The minimum absolute atomic E-state index is 0.526. The lowest BCUT2D eigenvalue weighted by Gasteiger charge is -2.18. The van der Waals surface area contributed by atoms with E-state index in [9.17, 15) is 5.11 Å². The average molecular weight is 302 g/mol. The van der Waals surface area contributed by atoms with E-state index in [1.165, 1.54) is 11.1 Å². The third-order valence-electron chi connectivity index (χ3n) is 4.18. The number of aryl methyl sites for hydroxylation is 2. The summed E-state index contributed by atoms with van der Waals surface area (Å²) in [6.07, 6.45) is -0.526. The van der Waals surface area contributed by atoms with E-state index in [4.69, 9.17) is 0 Å². The van der Waals surface area contributed by atoms with E-state index in [-0.39, 0.29) is 0 Å². The van der Waals surface area contributed by atoms with E-state index in [2.05, 4.69) is 80.6 Å². The summed E-state index contributed by atoms with van der Waals surface area (Å²) < 4.78 is 0. The minimum atomic E-state index is -0.526. The van der Waals surface area contributed by atoms with Crippen LogP contribution in [0, 0.1) is 13.8 Å². The first kappa shape index (κ1) is 15.5. The van der Waals surface area contributed by atoms with E-state index in [0.29, 0.717) is 0 Å². The Morgan fingerprint density at radius 2 is 1.13 bits per heavy atom. The van der Waals surface area contributed by atoms with Crippen molar-refractivity contribution in [3.05, 3.63) is 83.4 Å². The molecule has 0 radical (unpaired) electrons. The van der Waals surface area contributed by atoms with Crippen LogP contribution in [0.1, 0.15) is 29.7 Å². The number of rotatable bonds is 3. The molecule has 23 heavy (non-hydrogen) atoms. The summed E-state index contributed by atoms with van der Waals surface area (Å²) >= 11 is 0. The molecule has 3 aromatic carbocycles. The molecule has 0 aliphatic heterocycles.